The second-order valence-corrected chi connectivity index (χ2v) is 9.25. The number of halogens is 2. The lowest BCUT2D eigenvalue weighted by molar-refractivity contribution is -0.117. The number of carbonyl (C=O) groups excluding carboxylic acids is 2. The van der Waals surface area contributed by atoms with Crippen molar-refractivity contribution in [1.29, 1.82) is 5.26 Å². The van der Waals surface area contributed by atoms with Gasteiger partial charge in [-0.25, -0.2) is 4.39 Å². The summed E-state index contributed by atoms with van der Waals surface area (Å²) in [6.45, 7) is 1.90. The van der Waals surface area contributed by atoms with Gasteiger partial charge in [0.2, 0.25) is 5.91 Å². The molecule has 0 bridgehead atoms. The number of thioether (sulfide) groups is 1. The number of carbonyl (C=O) groups is 2. The average Bonchev–Trinajstić information content (AvgIpc) is 3.14. The van der Waals surface area contributed by atoms with Gasteiger partial charge in [-0.1, -0.05) is 53.7 Å². The SMILES string of the molecule is Cc1ccc(CC2S/C(=C(/C#N)C(=O)Nc3ccc(F)cc3)N(c3ccccc3)C2=O)cc1Cl. The van der Waals surface area contributed by atoms with Crippen molar-refractivity contribution in [3.63, 3.8) is 0 Å². The Morgan fingerprint density at radius 2 is 1.85 bits per heavy atom. The molecule has 5 nitrogen and oxygen atoms in total. The van der Waals surface area contributed by atoms with Gasteiger partial charge in [0.1, 0.15) is 22.5 Å². The van der Waals surface area contributed by atoms with E-state index in [-0.39, 0.29) is 16.5 Å². The van der Waals surface area contributed by atoms with Crippen molar-refractivity contribution >= 4 is 46.6 Å². The van der Waals surface area contributed by atoms with Gasteiger partial charge in [0.05, 0.1) is 5.25 Å². The third kappa shape index (κ3) is 4.98. The number of aryl methyl sites for hydroxylation is 1. The first kappa shape index (κ1) is 23.6. The predicted molar refractivity (Wildman–Crippen MR) is 133 cm³/mol. The lowest BCUT2D eigenvalue weighted by Gasteiger charge is -2.18. The van der Waals surface area contributed by atoms with Crippen LogP contribution in [-0.2, 0) is 16.0 Å². The number of para-hydroxylation sites is 1. The quantitative estimate of drug-likeness (QED) is 0.359. The van der Waals surface area contributed by atoms with E-state index in [1.54, 1.807) is 24.3 Å². The molecule has 34 heavy (non-hydrogen) atoms. The first-order valence-electron chi connectivity index (χ1n) is 10.4. The molecule has 4 rings (SSSR count). The van der Waals surface area contributed by atoms with Crippen LogP contribution in [0.1, 0.15) is 11.1 Å². The normalized spacial score (nSPS) is 16.8. The number of amides is 2. The van der Waals surface area contributed by atoms with Crippen LogP contribution < -0.4 is 10.2 Å². The van der Waals surface area contributed by atoms with Crippen molar-refractivity contribution in [2.75, 3.05) is 10.2 Å². The van der Waals surface area contributed by atoms with Gasteiger partial charge in [-0.15, -0.1) is 0 Å². The van der Waals surface area contributed by atoms with Crippen LogP contribution >= 0.6 is 23.4 Å². The zero-order valence-corrected chi connectivity index (χ0v) is 19.7. The maximum atomic E-state index is 13.5. The number of benzene rings is 3. The molecule has 2 amide bonds. The lowest BCUT2D eigenvalue weighted by Crippen LogP contribution is -2.30. The molecule has 1 aliphatic heterocycles. The third-order valence-corrected chi connectivity index (χ3v) is 6.95. The molecular weight excluding hydrogens is 473 g/mol. The number of hydrogen-bond donors (Lipinski definition) is 1. The molecule has 0 aromatic heterocycles. The van der Waals surface area contributed by atoms with Crippen LogP contribution in [0.15, 0.2) is 83.4 Å². The van der Waals surface area contributed by atoms with E-state index < -0.39 is 17.0 Å². The number of rotatable bonds is 5. The van der Waals surface area contributed by atoms with Crippen LogP contribution in [0.4, 0.5) is 15.8 Å². The standard InChI is InChI=1S/C26H19ClFN3O2S/c1-16-7-8-17(13-22(16)27)14-23-25(33)31(20-5-3-2-4-6-20)26(34-23)21(15-29)24(32)30-19-11-9-18(28)10-12-19/h2-13,23H,14H2,1H3,(H,30,32)/b26-21-. The van der Waals surface area contributed by atoms with Crippen LogP contribution in [0.2, 0.25) is 5.02 Å². The molecule has 1 N–H and O–H groups in total. The summed E-state index contributed by atoms with van der Waals surface area (Å²) < 4.78 is 13.2. The smallest absolute Gasteiger partial charge is 0.269 e. The van der Waals surface area contributed by atoms with E-state index >= 15 is 0 Å². The summed E-state index contributed by atoms with van der Waals surface area (Å²) in [5.41, 5.74) is 2.51. The summed E-state index contributed by atoms with van der Waals surface area (Å²) in [6, 6.07) is 21.7. The van der Waals surface area contributed by atoms with E-state index in [0.717, 1.165) is 11.1 Å². The highest BCUT2D eigenvalue weighted by atomic mass is 35.5. The van der Waals surface area contributed by atoms with Crippen molar-refractivity contribution in [3.05, 3.63) is 105 Å². The Bertz CT molecular complexity index is 1320. The second kappa shape index (κ2) is 10.1. The van der Waals surface area contributed by atoms with E-state index in [1.807, 2.05) is 37.3 Å². The van der Waals surface area contributed by atoms with Crippen LogP contribution in [-0.4, -0.2) is 17.1 Å². The minimum atomic E-state index is -0.677. The largest absolute Gasteiger partial charge is 0.321 e. The number of nitriles is 1. The average molecular weight is 492 g/mol. The molecule has 1 fully saturated rings. The molecule has 0 saturated carbocycles. The topological polar surface area (TPSA) is 73.2 Å². The molecule has 0 radical (unpaired) electrons. The second-order valence-electron chi connectivity index (χ2n) is 7.66. The van der Waals surface area contributed by atoms with Crippen molar-refractivity contribution in [1.82, 2.24) is 0 Å². The maximum Gasteiger partial charge on any atom is 0.269 e. The predicted octanol–water partition coefficient (Wildman–Crippen LogP) is 5.85. The molecule has 1 heterocycles. The van der Waals surface area contributed by atoms with Gasteiger partial charge in [0.25, 0.3) is 5.91 Å². The fourth-order valence-corrected chi connectivity index (χ4v) is 5.01. The Labute approximate surface area is 205 Å². The lowest BCUT2D eigenvalue weighted by atomic mass is 10.1. The Morgan fingerprint density at radius 1 is 1.15 bits per heavy atom. The van der Waals surface area contributed by atoms with E-state index in [0.29, 0.717) is 22.8 Å². The van der Waals surface area contributed by atoms with Crippen LogP contribution in [0, 0.1) is 24.1 Å². The number of nitrogens with one attached hydrogen (secondary N) is 1. The Hall–Kier alpha value is -3.60. The molecule has 8 heteroatoms. The Morgan fingerprint density at radius 3 is 2.50 bits per heavy atom. The van der Waals surface area contributed by atoms with Crippen molar-refractivity contribution in [2.45, 2.75) is 18.6 Å². The van der Waals surface area contributed by atoms with Gasteiger partial charge in [0, 0.05) is 16.4 Å². The first-order valence-corrected chi connectivity index (χ1v) is 11.6. The van der Waals surface area contributed by atoms with E-state index in [4.69, 9.17) is 11.6 Å². The van der Waals surface area contributed by atoms with Crippen LogP contribution in [0.3, 0.4) is 0 Å². The molecule has 1 atom stereocenters. The van der Waals surface area contributed by atoms with Crippen LogP contribution in [0.5, 0.6) is 0 Å². The summed E-state index contributed by atoms with van der Waals surface area (Å²) in [7, 11) is 0. The molecule has 1 aliphatic rings. The molecule has 0 spiro atoms. The van der Waals surface area contributed by atoms with Crippen molar-refractivity contribution < 1.29 is 14.0 Å². The van der Waals surface area contributed by atoms with E-state index in [2.05, 4.69) is 5.32 Å². The van der Waals surface area contributed by atoms with Crippen LogP contribution in [0.25, 0.3) is 0 Å². The van der Waals surface area contributed by atoms with Gasteiger partial charge < -0.3 is 5.32 Å². The fourth-order valence-electron chi connectivity index (χ4n) is 3.50. The molecule has 1 unspecified atom stereocenters. The highest BCUT2D eigenvalue weighted by Gasteiger charge is 2.40. The molecule has 3 aromatic rings. The van der Waals surface area contributed by atoms with Gasteiger partial charge in [-0.3, -0.25) is 14.5 Å². The Kier molecular flexibility index (Phi) is 7.01. The summed E-state index contributed by atoms with van der Waals surface area (Å²) in [4.78, 5) is 27.9. The molecule has 3 aromatic carbocycles. The first-order chi connectivity index (χ1) is 16.4. The van der Waals surface area contributed by atoms with Gasteiger partial charge in [-0.05, 0) is 66.9 Å². The number of hydrogen-bond acceptors (Lipinski definition) is 4. The monoisotopic (exact) mass is 491 g/mol. The number of nitrogens with zero attached hydrogens (tertiary/aromatic N) is 2. The molecule has 170 valence electrons. The molecule has 1 saturated heterocycles. The minimum Gasteiger partial charge on any atom is -0.321 e. The zero-order chi connectivity index (χ0) is 24.2. The van der Waals surface area contributed by atoms with Crippen molar-refractivity contribution in [2.24, 2.45) is 0 Å². The van der Waals surface area contributed by atoms with E-state index in [9.17, 15) is 19.2 Å². The molecule has 0 aliphatic carbocycles. The van der Waals surface area contributed by atoms with E-state index in [1.165, 1.54) is 40.9 Å². The Balaban J connectivity index is 1.70. The summed E-state index contributed by atoms with van der Waals surface area (Å²) in [5, 5.41) is 12.8. The summed E-state index contributed by atoms with van der Waals surface area (Å²) >= 11 is 7.43. The number of anilines is 2. The summed E-state index contributed by atoms with van der Waals surface area (Å²) in [5.74, 6) is -1.35. The van der Waals surface area contributed by atoms with Crippen molar-refractivity contribution in [3.8, 4) is 6.07 Å². The van der Waals surface area contributed by atoms with Gasteiger partial charge >= 0.3 is 0 Å². The summed E-state index contributed by atoms with van der Waals surface area (Å²) in [6.07, 6.45) is 0.384. The third-order valence-electron chi connectivity index (χ3n) is 5.28. The highest BCUT2D eigenvalue weighted by molar-refractivity contribution is 8.05. The minimum absolute atomic E-state index is 0.198. The highest BCUT2D eigenvalue weighted by Crippen LogP contribution is 2.42. The zero-order valence-electron chi connectivity index (χ0n) is 18.1. The molecular formula is C26H19ClFN3O2S. The van der Waals surface area contributed by atoms with Gasteiger partial charge in [0.15, 0.2) is 0 Å². The maximum absolute atomic E-state index is 13.5. The van der Waals surface area contributed by atoms with Gasteiger partial charge in [-0.2, -0.15) is 5.26 Å². The fraction of sp³-hybridized carbons (Fsp3) is 0.115.